The summed E-state index contributed by atoms with van der Waals surface area (Å²) in [4.78, 5) is 0. The molecule has 0 spiro atoms. The Morgan fingerprint density at radius 2 is 2.00 bits per heavy atom. The van der Waals surface area contributed by atoms with Crippen LogP contribution in [0.5, 0.6) is 5.75 Å². The highest BCUT2D eigenvalue weighted by molar-refractivity contribution is 9.10. The van der Waals surface area contributed by atoms with Crippen molar-refractivity contribution in [2.24, 2.45) is 0 Å². The Morgan fingerprint density at radius 1 is 1.26 bits per heavy atom. The summed E-state index contributed by atoms with van der Waals surface area (Å²) in [6, 6.07) is 12.0. The summed E-state index contributed by atoms with van der Waals surface area (Å²) in [5.74, 6) is -0.0201. The lowest BCUT2D eigenvalue weighted by molar-refractivity contribution is 0.173. The van der Waals surface area contributed by atoms with Crippen molar-refractivity contribution in [2.75, 3.05) is 7.11 Å². The summed E-state index contributed by atoms with van der Waals surface area (Å²) < 4.78 is 19.7. The van der Waals surface area contributed by atoms with Gasteiger partial charge < -0.3 is 9.84 Å². The third kappa shape index (κ3) is 3.33. The van der Waals surface area contributed by atoms with Gasteiger partial charge in [0.15, 0.2) is 0 Å². The smallest absolute Gasteiger partial charge is 0.132 e. The number of methoxy groups -OCH3 is 1. The minimum Gasteiger partial charge on any atom is -0.497 e. The molecule has 0 saturated carbocycles. The highest BCUT2D eigenvalue weighted by Crippen LogP contribution is 2.27. The van der Waals surface area contributed by atoms with Crippen LogP contribution >= 0.6 is 15.9 Å². The Labute approximate surface area is 120 Å². The molecule has 1 N–H and O–H groups in total. The summed E-state index contributed by atoms with van der Waals surface area (Å²) in [5, 5.41) is 10.1. The lowest BCUT2D eigenvalue weighted by atomic mass is 10.0. The van der Waals surface area contributed by atoms with Gasteiger partial charge in [0.25, 0.3) is 0 Å². The third-order valence-corrected chi connectivity index (χ3v) is 3.71. The number of aliphatic hydroxyl groups excluding tert-OH is 1. The quantitative estimate of drug-likeness (QED) is 0.925. The van der Waals surface area contributed by atoms with Gasteiger partial charge >= 0.3 is 0 Å². The van der Waals surface area contributed by atoms with Crippen LogP contribution in [0.4, 0.5) is 4.39 Å². The predicted octanol–water partition coefficient (Wildman–Crippen LogP) is 3.87. The number of ether oxygens (including phenoxy) is 1. The summed E-state index contributed by atoms with van der Waals surface area (Å²) in [6.07, 6.45) is -0.533. The second kappa shape index (κ2) is 6.17. The number of hydrogen-bond donors (Lipinski definition) is 1. The van der Waals surface area contributed by atoms with Gasteiger partial charge in [0.1, 0.15) is 11.6 Å². The first kappa shape index (κ1) is 14.0. The van der Waals surface area contributed by atoms with E-state index in [1.165, 1.54) is 13.2 Å². The van der Waals surface area contributed by atoms with Crippen LogP contribution in [-0.2, 0) is 6.42 Å². The maximum absolute atomic E-state index is 13.8. The molecule has 0 bridgehead atoms. The van der Waals surface area contributed by atoms with Crippen molar-refractivity contribution in [1.82, 2.24) is 0 Å². The molecule has 0 fully saturated rings. The predicted molar refractivity (Wildman–Crippen MR) is 75.8 cm³/mol. The van der Waals surface area contributed by atoms with Gasteiger partial charge in [0, 0.05) is 22.5 Å². The van der Waals surface area contributed by atoms with E-state index in [4.69, 9.17) is 4.74 Å². The molecule has 0 heterocycles. The standard InChI is InChI=1S/C15H14BrFO2/c1-19-11-6-7-12(14(17)9-11)15(18)8-10-4-2-3-5-13(10)16/h2-7,9,15,18H,8H2,1H3. The Hall–Kier alpha value is -1.39. The molecule has 100 valence electrons. The van der Waals surface area contributed by atoms with Crippen molar-refractivity contribution in [3.05, 3.63) is 63.9 Å². The van der Waals surface area contributed by atoms with Gasteiger partial charge in [0.05, 0.1) is 13.2 Å². The second-order valence-corrected chi connectivity index (χ2v) is 5.05. The van der Waals surface area contributed by atoms with Crippen LogP contribution in [0.2, 0.25) is 0 Å². The second-order valence-electron chi connectivity index (χ2n) is 4.20. The van der Waals surface area contributed by atoms with Gasteiger partial charge in [-0.2, -0.15) is 0 Å². The van der Waals surface area contributed by atoms with E-state index >= 15 is 0 Å². The zero-order valence-electron chi connectivity index (χ0n) is 10.4. The zero-order chi connectivity index (χ0) is 13.8. The fourth-order valence-corrected chi connectivity index (χ4v) is 2.33. The molecule has 0 aliphatic heterocycles. The molecule has 0 radical (unpaired) electrons. The molecule has 0 amide bonds. The molecule has 0 aliphatic rings. The van der Waals surface area contributed by atoms with Crippen LogP contribution in [0.3, 0.4) is 0 Å². The summed E-state index contributed by atoms with van der Waals surface area (Å²) in [6.45, 7) is 0. The minimum absolute atomic E-state index is 0.275. The van der Waals surface area contributed by atoms with E-state index in [2.05, 4.69) is 15.9 Å². The van der Waals surface area contributed by atoms with Crippen molar-refractivity contribution >= 4 is 15.9 Å². The molecule has 19 heavy (non-hydrogen) atoms. The Bertz CT molecular complexity index is 572. The number of hydrogen-bond acceptors (Lipinski definition) is 2. The first-order valence-corrected chi connectivity index (χ1v) is 6.66. The van der Waals surface area contributed by atoms with Gasteiger partial charge in [-0.1, -0.05) is 34.1 Å². The molecule has 2 aromatic carbocycles. The van der Waals surface area contributed by atoms with Gasteiger partial charge in [-0.05, 0) is 23.8 Å². The maximum atomic E-state index is 13.8. The zero-order valence-corrected chi connectivity index (χ0v) is 12.0. The van der Waals surface area contributed by atoms with E-state index in [0.29, 0.717) is 12.2 Å². The van der Waals surface area contributed by atoms with Crippen molar-refractivity contribution in [3.8, 4) is 5.75 Å². The molecular weight excluding hydrogens is 311 g/mol. The topological polar surface area (TPSA) is 29.5 Å². The van der Waals surface area contributed by atoms with Crippen LogP contribution in [0, 0.1) is 5.82 Å². The molecule has 1 atom stereocenters. The summed E-state index contributed by atoms with van der Waals surface area (Å²) >= 11 is 3.41. The van der Waals surface area contributed by atoms with E-state index in [0.717, 1.165) is 10.0 Å². The monoisotopic (exact) mass is 324 g/mol. The number of benzene rings is 2. The van der Waals surface area contributed by atoms with E-state index in [1.54, 1.807) is 12.1 Å². The average molecular weight is 325 g/mol. The number of rotatable bonds is 4. The molecule has 2 nitrogen and oxygen atoms in total. The number of aliphatic hydroxyl groups is 1. The maximum Gasteiger partial charge on any atom is 0.132 e. The third-order valence-electron chi connectivity index (χ3n) is 2.94. The highest BCUT2D eigenvalue weighted by atomic mass is 79.9. The fourth-order valence-electron chi connectivity index (χ4n) is 1.89. The molecule has 0 saturated heterocycles. The average Bonchev–Trinajstić information content (AvgIpc) is 2.41. The van der Waals surface area contributed by atoms with Gasteiger partial charge in [-0.3, -0.25) is 0 Å². The van der Waals surface area contributed by atoms with Crippen LogP contribution < -0.4 is 4.74 Å². The molecule has 1 unspecified atom stereocenters. The van der Waals surface area contributed by atoms with E-state index in [1.807, 2.05) is 24.3 Å². The first-order chi connectivity index (χ1) is 9.11. The Kier molecular flexibility index (Phi) is 4.56. The van der Waals surface area contributed by atoms with Gasteiger partial charge in [-0.15, -0.1) is 0 Å². The molecular formula is C15H14BrFO2. The lowest BCUT2D eigenvalue weighted by Crippen LogP contribution is -2.05. The Morgan fingerprint density at radius 3 is 2.63 bits per heavy atom. The molecule has 0 aliphatic carbocycles. The minimum atomic E-state index is -0.885. The molecule has 0 aromatic heterocycles. The van der Waals surface area contributed by atoms with Crippen molar-refractivity contribution in [2.45, 2.75) is 12.5 Å². The van der Waals surface area contributed by atoms with Crippen molar-refractivity contribution in [1.29, 1.82) is 0 Å². The summed E-state index contributed by atoms with van der Waals surface area (Å²) in [7, 11) is 1.48. The van der Waals surface area contributed by atoms with Gasteiger partial charge in [0.2, 0.25) is 0 Å². The fraction of sp³-hybridized carbons (Fsp3) is 0.200. The van der Waals surface area contributed by atoms with Crippen LogP contribution in [0.15, 0.2) is 46.9 Å². The van der Waals surface area contributed by atoms with E-state index in [-0.39, 0.29) is 5.56 Å². The SMILES string of the molecule is COc1ccc(C(O)Cc2ccccc2Br)c(F)c1. The van der Waals surface area contributed by atoms with Crippen molar-refractivity contribution in [3.63, 3.8) is 0 Å². The first-order valence-electron chi connectivity index (χ1n) is 5.86. The van der Waals surface area contributed by atoms with E-state index in [9.17, 15) is 9.50 Å². The van der Waals surface area contributed by atoms with Crippen LogP contribution in [-0.4, -0.2) is 12.2 Å². The molecule has 2 rings (SSSR count). The van der Waals surface area contributed by atoms with Crippen LogP contribution in [0.1, 0.15) is 17.2 Å². The number of halogens is 2. The lowest BCUT2D eigenvalue weighted by Gasteiger charge is -2.14. The largest absolute Gasteiger partial charge is 0.497 e. The Balaban J connectivity index is 2.21. The summed E-state index contributed by atoms with van der Waals surface area (Å²) in [5.41, 5.74) is 1.21. The molecule has 4 heteroatoms. The normalized spacial score (nSPS) is 12.2. The van der Waals surface area contributed by atoms with Gasteiger partial charge in [-0.25, -0.2) is 4.39 Å². The highest BCUT2D eigenvalue weighted by Gasteiger charge is 2.15. The van der Waals surface area contributed by atoms with Crippen molar-refractivity contribution < 1.29 is 14.2 Å². The molecule has 2 aromatic rings. The van der Waals surface area contributed by atoms with Crippen LogP contribution in [0.25, 0.3) is 0 Å². The van der Waals surface area contributed by atoms with E-state index < -0.39 is 11.9 Å².